The lowest BCUT2D eigenvalue weighted by atomic mass is 9.99. The van der Waals surface area contributed by atoms with Crippen LogP contribution in [0.4, 0.5) is 13.2 Å². The molecule has 0 aromatic heterocycles. The Balaban J connectivity index is 2.00. The predicted molar refractivity (Wildman–Crippen MR) is 72.3 cm³/mol. The van der Waals surface area contributed by atoms with E-state index in [4.69, 9.17) is 4.74 Å². The number of hydrogen-bond acceptors (Lipinski definition) is 3. The zero-order valence-electron chi connectivity index (χ0n) is 11.9. The molecule has 0 aromatic carbocycles. The standard InChI is InChI=1S/C13H22F3NO3S/c14-13(15,16)12(11-3-1-2-4-11)17-21(18,19)9-10-5-7-20-8-6-10/h10-12,17H,1-9H2. The Morgan fingerprint density at radius 2 is 1.67 bits per heavy atom. The number of alkyl halides is 3. The molecular weight excluding hydrogens is 307 g/mol. The van der Waals surface area contributed by atoms with Gasteiger partial charge in [-0.15, -0.1) is 0 Å². The van der Waals surface area contributed by atoms with Crippen LogP contribution in [0.2, 0.25) is 0 Å². The van der Waals surface area contributed by atoms with E-state index in [1.165, 1.54) is 0 Å². The summed E-state index contributed by atoms with van der Waals surface area (Å²) in [5.74, 6) is -0.987. The van der Waals surface area contributed by atoms with Crippen LogP contribution in [0, 0.1) is 11.8 Å². The van der Waals surface area contributed by atoms with Gasteiger partial charge in [-0.1, -0.05) is 12.8 Å². The molecule has 4 nitrogen and oxygen atoms in total. The van der Waals surface area contributed by atoms with Gasteiger partial charge in [-0.2, -0.15) is 13.2 Å². The van der Waals surface area contributed by atoms with E-state index >= 15 is 0 Å². The molecule has 0 bridgehead atoms. The third-order valence-corrected chi connectivity index (χ3v) is 5.85. The molecule has 124 valence electrons. The normalized spacial score (nSPS) is 24.3. The Morgan fingerprint density at radius 3 is 2.19 bits per heavy atom. The van der Waals surface area contributed by atoms with Gasteiger partial charge in [0.15, 0.2) is 0 Å². The molecule has 1 atom stereocenters. The average Bonchev–Trinajstić information content (AvgIpc) is 2.89. The Morgan fingerprint density at radius 1 is 1.10 bits per heavy atom. The van der Waals surface area contributed by atoms with Gasteiger partial charge in [0, 0.05) is 13.2 Å². The Kier molecular flexibility index (Phi) is 5.54. The van der Waals surface area contributed by atoms with E-state index in [1.807, 2.05) is 4.72 Å². The highest BCUT2D eigenvalue weighted by Crippen LogP contribution is 2.36. The minimum Gasteiger partial charge on any atom is -0.381 e. The van der Waals surface area contributed by atoms with Crippen LogP contribution in [-0.2, 0) is 14.8 Å². The minimum atomic E-state index is -4.53. The maximum absolute atomic E-state index is 13.1. The molecule has 1 saturated heterocycles. The Bertz CT molecular complexity index is 426. The van der Waals surface area contributed by atoms with Crippen molar-refractivity contribution in [2.45, 2.75) is 50.7 Å². The second-order valence-electron chi connectivity index (χ2n) is 6.02. The second kappa shape index (κ2) is 6.83. The van der Waals surface area contributed by atoms with Crippen LogP contribution in [0.1, 0.15) is 38.5 Å². The molecule has 0 aromatic rings. The van der Waals surface area contributed by atoms with E-state index in [1.54, 1.807) is 0 Å². The van der Waals surface area contributed by atoms with Gasteiger partial charge in [0.05, 0.1) is 5.75 Å². The molecule has 1 heterocycles. The van der Waals surface area contributed by atoms with Crippen molar-refractivity contribution in [2.75, 3.05) is 19.0 Å². The Hall–Kier alpha value is -0.340. The van der Waals surface area contributed by atoms with E-state index in [0.717, 1.165) is 12.8 Å². The zero-order valence-corrected chi connectivity index (χ0v) is 12.7. The average molecular weight is 329 g/mol. The Labute approximate surface area is 123 Å². The van der Waals surface area contributed by atoms with Crippen LogP contribution >= 0.6 is 0 Å². The zero-order chi connectivity index (χ0) is 15.5. The lowest BCUT2D eigenvalue weighted by molar-refractivity contribution is -0.162. The first-order chi connectivity index (χ1) is 9.78. The van der Waals surface area contributed by atoms with Crippen LogP contribution in [0.5, 0.6) is 0 Å². The fourth-order valence-corrected chi connectivity index (χ4v) is 4.95. The van der Waals surface area contributed by atoms with Crippen LogP contribution in [0.3, 0.4) is 0 Å². The first-order valence-corrected chi connectivity index (χ1v) is 9.07. The smallest absolute Gasteiger partial charge is 0.381 e. The fraction of sp³-hybridized carbons (Fsp3) is 1.00. The first kappa shape index (κ1) is 17.0. The molecule has 2 rings (SSSR count). The van der Waals surface area contributed by atoms with Crippen molar-refractivity contribution in [3.63, 3.8) is 0 Å². The van der Waals surface area contributed by atoms with Crippen LogP contribution < -0.4 is 4.72 Å². The predicted octanol–water partition coefficient (Wildman–Crippen LogP) is 2.45. The van der Waals surface area contributed by atoms with Gasteiger partial charge in [-0.05, 0) is 37.5 Å². The molecule has 1 unspecified atom stereocenters. The third kappa shape index (κ3) is 5.10. The molecule has 1 saturated carbocycles. The maximum atomic E-state index is 13.1. The highest BCUT2D eigenvalue weighted by atomic mass is 32.2. The summed E-state index contributed by atoms with van der Waals surface area (Å²) < 4.78 is 70.6. The summed E-state index contributed by atoms with van der Waals surface area (Å²) in [6.07, 6.45) is -1.02. The molecule has 1 aliphatic heterocycles. The van der Waals surface area contributed by atoms with Gasteiger partial charge in [0.2, 0.25) is 10.0 Å². The van der Waals surface area contributed by atoms with Gasteiger partial charge in [0.25, 0.3) is 0 Å². The summed E-state index contributed by atoms with van der Waals surface area (Å²) in [7, 11) is -3.93. The molecular formula is C13H22F3NO3S. The third-order valence-electron chi connectivity index (χ3n) is 4.33. The van der Waals surface area contributed by atoms with Crippen LogP contribution in [0.15, 0.2) is 0 Å². The van der Waals surface area contributed by atoms with Crippen molar-refractivity contribution in [3.05, 3.63) is 0 Å². The van der Waals surface area contributed by atoms with E-state index in [0.29, 0.717) is 38.9 Å². The largest absolute Gasteiger partial charge is 0.405 e. The summed E-state index contributed by atoms with van der Waals surface area (Å²) in [6.45, 7) is 0.955. The lowest BCUT2D eigenvalue weighted by Crippen LogP contribution is -2.50. The molecule has 0 radical (unpaired) electrons. The molecule has 0 spiro atoms. The number of ether oxygens (including phenoxy) is 1. The molecule has 2 aliphatic rings. The minimum absolute atomic E-state index is 0.117. The highest BCUT2D eigenvalue weighted by molar-refractivity contribution is 7.89. The molecule has 1 N–H and O–H groups in total. The molecule has 1 aliphatic carbocycles. The first-order valence-electron chi connectivity index (χ1n) is 7.42. The van der Waals surface area contributed by atoms with Crippen molar-refractivity contribution >= 4 is 10.0 Å². The SMILES string of the molecule is O=S(=O)(CC1CCOCC1)NC(C1CCCC1)C(F)(F)F. The number of rotatable bonds is 5. The second-order valence-corrected chi connectivity index (χ2v) is 7.82. The summed E-state index contributed by atoms with van der Waals surface area (Å²) in [5, 5.41) is 0. The summed E-state index contributed by atoms with van der Waals surface area (Å²) in [6, 6.07) is -1.94. The van der Waals surface area contributed by atoms with Gasteiger partial charge in [-0.25, -0.2) is 13.1 Å². The summed E-state index contributed by atoms with van der Waals surface area (Å²) >= 11 is 0. The van der Waals surface area contributed by atoms with E-state index in [-0.39, 0.29) is 11.7 Å². The molecule has 0 amide bonds. The van der Waals surface area contributed by atoms with E-state index in [2.05, 4.69) is 0 Å². The number of sulfonamides is 1. The van der Waals surface area contributed by atoms with Crippen LogP contribution in [0.25, 0.3) is 0 Å². The van der Waals surface area contributed by atoms with Crippen LogP contribution in [-0.4, -0.2) is 39.6 Å². The monoisotopic (exact) mass is 329 g/mol. The van der Waals surface area contributed by atoms with Gasteiger partial charge in [-0.3, -0.25) is 0 Å². The van der Waals surface area contributed by atoms with Crippen molar-refractivity contribution in [1.82, 2.24) is 4.72 Å². The lowest BCUT2D eigenvalue weighted by Gasteiger charge is -2.28. The van der Waals surface area contributed by atoms with Crippen molar-refractivity contribution in [2.24, 2.45) is 11.8 Å². The van der Waals surface area contributed by atoms with Crippen molar-refractivity contribution in [1.29, 1.82) is 0 Å². The molecule has 21 heavy (non-hydrogen) atoms. The summed E-state index contributed by atoms with van der Waals surface area (Å²) in [5.41, 5.74) is 0. The van der Waals surface area contributed by atoms with Crippen molar-refractivity contribution in [3.8, 4) is 0 Å². The summed E-state index contributed by atoms with van der Waals surface area (Å²) in [4.78, 5) is 0. The molecule has 8 heteroatoms. The topological polar surface area (TPSA) is 55.4 Å². The van der Waals surface area contributed by atoms with Gasteiger partial charge >= 0.3 is 6.18 Å². The quantitative estimate of drug-likeness (QED) is 0.843. The maximum Gasteiger partial charge on any atom is 0.405 e. The fourth-order valence-electron chi connectivity index (χ4n) is 3.19. The molecule has 2 fully saturated rings. The highest BCUT2D eigenvalue weighted by Gasteiger charge is 2.47. The number of hydrogen-bond donors (Lipinski definition) is 1. The van der Waals surface area contributed by atoms with Gasteiger partial charge in [0.1, 0.15) is 6.04 Å². The number of nitrogens with one attached hydrogen (secondary N) is 1. The van der Waals surface area contributed by atoms with Crippen molar-refractivity contribution < 1.29 is 26.3 Å². The van der Waals surface area contributed by atoms with Gasteiger partial charge < -0.3 is 4.74 Å². The van der Waals surface area contributed by atoms with E-state index < -0.39 is 28.2 Å². The van der Waals surface area contributed by atoms with E-state index in [9.17, 15) is 21.6 Å². The number of halogens is 3.